The number of hydrogen-bond acceptors (Lipinski definition) is 3. The molecule has 0 amide bonds. The molecule has 110 valence electrons. The number of aliphatic hydroxyl groups is 1. The van der Waals surface area contributed by atoms with Gasteiger partial charge >= 0.3 is 0 Å². The molecule has 0 bridgehead atoms. The summed E-state index contributed by atoms with van der Waals surface area (Å²) in [4.78, 5) is 0. The van der Waals surface area contributed by atoms with Crippen molar-refractivity contribution in [3.63, 3.8) is 0 Å². The average Bonchev–Trinajstić information content (AvgIpc) is 2.86. The fraction of sp³-hybridized carbons (Fsp3) is 1.00. The first kappa shape index (κ1) is 13.8. The Morgan fingerprint density at radius 3 is 2.74 bits per heavy atom. The van der Waals surface area contributed by atoms with Crippen LogP contribution in [-0.4, -0.2) is 37.0 Å². The van der Waals surface area contributed by atoms with Gasteiger partial charge in [-0.05, 0) is 44.1 Å². The molecule has 5 unspecified atom stereocenters. The summed E-state index contributed by atoms with van der Waals surface area (Å²) in [5.74, 6) is 1.94. The van der Waals surface area contributed by atoms with Gasteiger partial charge in [0.25, 0.3) is 0 Å². The first-order valence-corrected chi connectivity index (χ1v) is 8.10. The van der Waals surface area contributed by atoms with Crippen LogP contribution in [0.15, 0.2) is 0 Å². The molecule has 3 heteroatoms. The first-order valence-electron chi connectivity index (χ1n) is 8.10. The highest BCUT2D eigenvalue weighted by Crippen LogP contribution is 2.51. The van der Waals surface area contributed by atoms with Gasteiger partial charge in [-0.3, -0.25) is 0 Å². The van der Waals surface area contributed by atoms with Gasteiger partial charge in [0.1, 0.15) is 0 Å². The van der Waals surface area contributed by atoms with Gasteiger partial charge in [0.15, 0.2) is 0 Å². The van der Waals surface area contributed by atoms with Gasteiger partial charge in [-0.2, -0.15) is 0 Å². The average molecular weight is 267 g/mol. The number of hydrogen-bond donors (Lipinski definition) is 2. The lowest BCUT2D eigenvalue weighted by molar-refractivity contribution is -0.193. The summed E-state index contributed by atoms with van der Waals surface area (Å²) >= 11 is 0. The van der Waals surface area contributed by atoms with Crippen molar-refractivity contribution in [1.29, 1.82) is 0 Å². The Labute approximate surface area is 117 Å². The standard InChI is InChI=1S/C16H29NO2/c1-16(2)14(13-7-4-8-19-15(13)16)17-9-11-5-3-6-12(11)10-18/h11-15,17-18H,3-10H2,1-2H3. The molecule has 5 atom stereocenters. The predicted octanol–water partition coefficient (Wildman–Crippen LogP) is 2.19. The van der Waals surface area contributed by atoms with E-state index in [2.05, 4.69) is 19.2 Å². The zero-order chi connectivity index (χ0) is 13.5. The summed E-state index contributed by atoms with van der Waals surface area (Å²) in [6, 6.07) is 0.609. The normalized spacial score (nSPS) is 44.7. The molecule has 3 aliphatic rings. The van der Waals surface area contributed by atoms with Gasteiger partial charge in [0.2, 0.25) is 0 Å². The SMILES string of the molecule is CC1(C)C(NCC2CCCC2CO)C2CCCOC21. The highest BCUT2D eigenvalue weighted by molar-refractivity contribution is 5.10. The lowest BCUT2D eigenvalue weighted by Gasteiger charge is -2.60. The molecule has 2 aliphatic carbocycles. The summed E-state index contributed by atoms with van der Waals surface area (Å²) < 4.78 is 5.96. The van der Waals surface area contributed by atoms with Gasteiger partial charge < -0.3 is 15.2 Å². The Kier molecular flexibility index (Phi) is 3.89. The van der Waals surface area contributed by atoms with E-state index in [9.17, 15) is 5.11 Å². The van der Waals surface area contributed by atoms with Crippen molar-refractivity contribution in [3.05, 3.63) is 0 Å². The second-order valence-corrected chi connectivity index (χ2v) is 7.44. The van der Waals surface area contributed by atoms with Crippen molar-refractivity contribution < 1.29 is 9.84 Å². The molecule has 2 saturated carbocycles. The van der Waals surface area contributed by atoms with Crippen LogP contribution in [-0.2, 0) is 4.74 Å². The summed E-state index contributed by atoms with van der Waals surface area (Å²) in [6.07, 6.45) is 6.80. The first-order chi connectivity index (χ1) is 9.14. The molecule has 0 aromatic rings. The van der Waals surface area contributed by atoms with Crippen LogP contribution >= 0.6 is 0 Å². The minimum atomic E-state index is 0.276. The van der Waals surface area contributed by atoms with E-state index in [0.29, 0.717) is 30.6 Å². The summed E-state index contributed by atoms with van der Waals surface area (Å²) in [6.45, 7) is 7.09. The molecule has 2 N–H and O–H groups in total. The van der Waals surface area contributed by atoms with E-state index >= 15 is 0 Å². The molecule has 19 heavy (non-hydrogen) atoms. The summed E-state index contributed by atoms with van der Waals surface area (Å²) in [5, 5.41) is 13.2. The fourth-order valence-electron chi connectivity index (χ4n) is 4.84. The van der Waals surface area contributed by atoms with Gasteiger partial charge in [-0.25, -0.2) is 0 Å². The maximum atomic E-state index is 9.42. The van der Waals surface area contributed by atoms with Crippen LogP contribution in [0.25, 0.3) is 0 Å². The molecule has 3 fully saturated rings. The van der Waals surface area contributed by atoms with Crippen molar-refractivity contribution in [2.75, 3.05) is 19.8 Å². The molecule has 3 rings (SSSR count). The van der Waals surface area contributed by atoms with Gasteiger partial charge in [0, 0.05) is 30.6 Å². The zero-order valence-corrected chi connectivity index (χ0v) is 12.4. The molecular formula is C16H29NO2. The van der Waals surface area contributed by atoms with E-state index in [4.69, 9.17) is 4.74 Å². The Morgan fingerprint density at radius 1 is 1.16 bits per heavy atom. The quantitative estimate of drug-likeness (QED) is 0.820. The molecule has 1 heterocycles. The van der Waals surface area contributed by atoms with E-state index in [-0.39, 0.29) is 5.41 Å². The van der Waals surface area contributed by atoms with E-state index in [1.54, 1.807) is 0 Å². The third-order valence-electron chi connectivity index (χ3n) is 5.98. The van der Waals surface area contributed by atoms with Crippen LogP contribution < -0.4 is 5.32 Å². The fourth-order valence-corrected chi connectivity index (χ4v) is 4.84. The molecule has 0 aromatic carbocycles. The minimum absolute atomic E-state index is 0.276. The molecule has 0 aromatic heterocycles. The topological polar surface area (TPSA) is 41.5 Å². The maximum absolute atomic E-state index is 9.42. The maximum Gasteiger partial charge on any atom is 0.0684 e. The smallest absolute Gasteiger partial charge is 0.0684 e. The zero-order valence-electron chi connectivity index (χ0n) is 12.4. The Morgan fingerprint density at radius 2 is 1.95 bits per heavy atom. The highest BCUT2D eigenvalue weighted by atomic mass is 16.5. The van der Waals surface area contributed by atoms with Crippen molar-refractivity contribution in [3.8, 4) is 0 Å². The van der Waals surface area contributed by atoms with E-state index < -0.39 is 0 Å². The van der Waals surface area contributed by atoms with Crippen LogP contribution in [0.5, 0.6) is 0 Å². The van der Waals surface area contributed by atoms with Crippen LogP contribution in [0.3, 0.4) is 0 Å². The number of nitrogens with one attached hydrogen (secondary N) is 1. The lowest BCUT2D eigenvalue weighted by atomic mass is 9.55. The Hall–Kier alpha value is -0.120. The van der Waals surface area contributed by atoms with Gasteiger partial charge in [0.05, 0.1) is 6.10 Å². The van der Waals surface area contributed by atoms with E-state index in [1.165, 1.54) is 32.1 Å². The van der Waals surface area contributed by atoms with Crippen LogP contribution in [0.2, 0.25) is 0 Å². The minimum Gasteiger partial charge on any atom is -0.396 e. The largest absolute Gasteiger partial charge is 0.396 e. The number of fused-ring (bicyclic) bond motifs is 1. The second-order valence-electron chi connectivity index (χ2n) is 7.44. The highest BCUT2D eigenvalue weighted by Gasteiger charge is 2.57. The van der Waals surface area contributed by atoms with Crippen molar-refractivity contribution in [2.24, 2.45) is 23.2 Å². The predicted molar refractivity (Wildman–Crippen MR) is 76.0 cm³/mol. The summed E-state index contributed by atoms with van der Waals surface area (Å²) in [5.41, 5.74) is 0.276. The Bertz CT molecular complexity index is 318. The van der Waals surface area contributed by atoms with Crippen molar-refractivity contribution >= 4 is 0 Å². The van der Waals surface area contributed by atoms with Gasteiger partial charge in [-0.1, -0.05) is 20.3 Å². The van der Waals surface area contributed by atoms with Crippen molar-refractivity contribution in [1.82, 2.24) is 5.32 Å². The van der Waals surface area contributed by atoms with Gasteiger partial charge in [-0.15, -0.1) is 0 Å². The molecular weight excluding hydrogens is 238 g/mol. The number of aliphatic hydroxyl groups excluding tert-OH is 1. The molecule has 1 saturated heterocycles. The molecule has 0 spiro atoms. The lowest BCUT2D eigenvalue weighted by Crippen LogP contribution is -2.69. The molecule has 3 nitrogen and oxygen atoms in total. The second kappa shape index (κ2) is 5.34. The Balaban J connectivity index is 1.55. The van der Waals surface area contributed by atoms with Crippen molar-refractivity contribution in [2.45, 2.75) is 58.1 Å². The van der Waals surface area contributed by atoms with Crippen LogP contribution in [0.4, 0.5) is 0 Å². The third-order valence-corrected chi connectivity index (χ3v) is 5.98. The number of ether oxygens (including phenoxy) is 1. The van der Waals surface area contributed by atoms with E-state index in [0.717, 1.165) is 19.1 Å². The summed E-state index contributed by atoms with van der Waals surface area (Å²) in [7, 11) is 0. The van der Waals surface area contributed by atoms with Crippen LogP contribution in [0, 0.1) is 23.2 Å². The van der Waals surface area contributed by atoms with E-state index in [1.807, 2.05) is 0 Å². The molecule has 1 aliphatic heterocycles. The molecule has 0 radical (unpaired) electrons. The monoisotopic (exact) mass is 267 g/mol. The third kappa shape index (κ3) is 2.34. The van der Waals surface area contributed by atoms with Crippen LogP contribution in [0.1, 0.15) is 46.0 Å². The number of rotatable bonds is 4.